The predicted molar refractivity (Wildman–Crippen MR) is 130 cm³/mol. The number of aliphatic hydroxyl groups excluding tert-OH is 1. The molecule has 5 rings (SSSR count). The summed E-state index contributed by atoms with van der Waals surface area (Å²) >= 11 is 0. The van der Waals surface area contributed by atoms with Crippen molar-refractivity contribution in [3.05, 3.63) is 47.7 Å². The second-order valence-corrected chi connectivity index (χ2v) is 8.78. The Bertz CT molecular complexity index is 1130. The van der Waals surface area contributed by atoms with Crippen molar-refractivity contribution >= 4 is 16.7 Å². The molecule has 0 saturated carbocycles. The lowest BCUT2D eigenvalue weighted by Crippen LogP contribution is -2.36. The maximum Gasteiger partial charge on any atom is 0.138 e. The molecule has 2 aliphatic rings. The third kappa shape index (κ3) is 5.06. The quantitative estimate of drug-likeness (QED) is 0.585. The van der Waals surface area contributed by atoms with Gasteiger partial charge in [-0.15, -0.1) is 0 Å². The molecular formula is C27H31N3O3. The first-order chi connectivity index (χ1) is 16.3. The first-order valence-corrected chi connectivity index (χ1v) is 11.9. The van der Waals surface area contributed by atoms with Crippen molar-refractivity contribution in [1.29, 1.82) is 0 Å². The molecule has 6 nitrogen and oxygen atoms in total. The number of aromatic nitrogens is 2. The predicted octanol–water partition coefficient (Wildman–Crippen LogP) is 3.77. The highest BCUT2D eigenvalue weighted by Gasteiger charge is 2.21. The van der Waals surface area contributed by atoms with E-state index in [9.17, 15) is 0 Å². The Balaban J connectivity index is 1.50. The lowest BCUT2D eigenvalue weighted by atomic mass is 9.90. The van der Waals surface area contributed by atoms with Gasteiger partial charge in [0.15, 0.2) is 0 Å². The molecule has 0 unspecified atom stereocenters. The monoisotopic (exact) mass is 445 g/mol. The zero-order valence-electron chi connectivity index (χ0n) is 19.0. The number of H-pyrrole nitrogens is 1. The van der Waals surface area contributed by atoms with E-state index < -0.39 is 0 Å². The third-order valence-corrected chi connectivity index (χ3v) is 6.59. The largest absolute Gasteiger partial charge is 0.395 e. The summed E-state index contributed by atoms with van der Waals surface area (Å²) in [4.78, 5) is 10.7. The first kappa shape index (κ1) is 22.0. The fourth-order valence-electron chi connectivity index (χ4n) is 4.77. The van der Waals surface area contributed by atoms with Gasteiger partial charge >= 0.3 is 0 Å². The van der Waals surface area contributed by atoms with Gasteiger partial charge in [-0.2, -0.15) is 0 Å². The number of morpholine rings is 1. The highest BCUT2D eigenvalue weighted by molar-refractivity contribution is 5.89. The Hall–Kier alpha value is -2.85. The maximum absolute atomic E-state index is 9.03. The van der Waals surface area contributed by atoms with Crippen LogP contribution in [0.2, 0.25) is 0 Å². The lowest BCUT2D eigenvalue weighted by molar-refractivity contribution is 0.0666. The number of nitrogens with zero attached hydrogens (tertiary/aromatic N) is 2. The van der Waals surface area contributed by atoms with Crippen molar-refractivity contribution in [3.63, 3.8) is 0 Å². The SMILES string of the molecule is OCCC#Cc1cnc2[nH]c(-c3ccc(N4CCOCC4)cc3)c(CC3CCOCC3)c2c1. The average Bonchev–Trinajstić information content (AvgIpc) is 3.23. The van der Waals surface area contributed by atoms with Crippen molar-refractivity contribution in [3.8, 4) is 23.1 Å². The fraction of sp³-hybridized carbons (Fsp3) is 0.444. The van der Waals surface area contributed by atoms with Crippen molar-refractivity contribution < 1.29 is 14.6 Å². The van der Waals surface area contributed by atoms with E-state index >= 15 is 0 Å². The van der Waals surface area contributed by atoms with Gasteiger partial charge in [0, 0.05) is 55.6 Å². The minimum absolute atomic E-state index is 0.0758. The summed E-state index contributed by atoms with van der Waals surface area (Å²) in [6.45, 7) is 5.20. The van der Waals surface area contributed by atoms with Crippen LogP contribution in [0.4, 0.5) is 5.69 Å². The lowest BCUT2D eigenvalue weighted by Gasteiger charge is -2.29. The van der Waals surface area contributed by atoms with Gasteiger partial charge in [-0.05, 0) is 54.5 Å². The number of fused-ring (bicyclic) bond motifs is 1. The second-order valence-electron chi connectivity index (χ2n) is 8.78. The van der Waals surface area contributed by atoms with Crippen LogP contribution in [0.25, 0.3) is 22.3 Å². The van der Waals surface area contributed by atoms with Crippen LogP contribution < -0.4 is 4.90 Å². The van der Waals surface area contributed by atoms with Gasteiger partial charge in [0.1, 0.15) is 5.65 Å². The summed E-state index contributed by atoms with van der Waals surface area (Å²) in [5.74, 6) is 6.76. The molecule has 0 radical (unpaired) electrons. The molecule has 0 aliphatic carbocycles. The van der Waals surface area contributed by atoms with E-state index in [0.29, 0.717) is 12.3 Å². The number of aliphatic hydroxyl groups is 1. The van der Waals surface area contributed by atoms with E-state index in [1.807, 2.05) is 6.20 Å². The van der Waals surface area contributed by atoms with E-state index in [1.54, 1.807) is 0 Å². The molecule has 2 saturated heterocycles. The third-order valence-electron chi connectivity index (χ3n) is 6.59. The van der Waals surface area contributed by atoms with Gasteiger partial charge in [0.2, 0.25) is 0 Å². The van der Waals surface area contributed by atoms with Crippen LogP contribution in [0.3, 0.4) is 0 Å². The molecule has 6 heteroatoms. The molecule has 0 atom stereocenters. The van der Waals surface area contributed by atoms with E-state index in [4.69, 9.17) is 14.6 Å². The molecule has 2 N–H and O–H groups in total. The van der Waals surface area contributed by atoms with Crippen molar-refractivity contribution in [2.75, 3.05) is 51.0 Å². The molecule has 0 bridgehead atoms. The van der Waals surface area contributed by atoms with Crippen LogP contribution >= 0.6 is 0 Å². The van der Waals surface area contributed by atoms with Crippen LogP contribution in [0.5, 0.6) is 0 Å². The summed E-state index contributed by atoms with van der Waals surface area (Å²) in [7, 11) is 0. The molecule has 33 heavy (non-hydrogen) atoms. The highest BCUT2D eigenvalue weighted by Crippen LogP contribution is 2.34. The number of benzene rings is 1. The standard InChI is InChI=1S/C27H31N3O3/c31-12-2-1-3-21-18-25-24(17-20-8-13-32-14-9-20)26(29-27(25)28-19-21)22-4-6-23(7-5-22)30-10-15-33-16-11-30/h4-7,18-20,31H,2,8-17H2,(H,28,29). The molecule has 3 aromatic rings. The number of pyridine rings is 1. The molecule has 1 aromatic carbocycles. The van der Waals surface area contributed by atoms with Gasteiger partial charge in [0.05, 0.1) is 25.5 Å². The molecule has 0 spiro atoms. The van der Waals surface area contributed by atoms with Crippen molar-refractivity contribution in [2.45, 2.75) is 25.7 Å². The van der Waals surface area contributed by atoms with Gasteiger partial charge < -0.3 is 24.5 Å². The zero-order valence-corrected chi connectivity index (χ0v) is 19.0. The van der Waals surface area contributed by atoms with Crippen LogP contribution in [0.1, 0.15) is 30.4 Å². The van der Waals surface area contributed by atoms with Gasteiger partial charge in [-0.25, -0.2) is 4.98 Å². The van der Waals surface area contributed by atoms with Gasteiger partial charge in [-0.3, -0.25) is 0 Å². The topological polar surface area (TPSA) is 70.6 Å². The molecular weight excluding hydrogens is 414 g/mol. The van der Waals surface area contributed by atoms with Crippen LogP contribution in [0, 0.1) is 17.8 Å². The number of hydrogen-bond donors (Lipinski definition) is 2. The molecule has 4 heterocycles. The van der Waals surface area contributed by atoms with Gasteiger partial charge in [0.25, 0.3) is 0 Å². The van der Waals surface area contributed by atoms with Crippen LogP contribution in [-0.2, 0) is 15.9 Å². The highest BCUT2D eigenvalue weighted by atomic mass is 16.5. The molecule has 2 aliphatic heterocycles. The average molecular weight is 446 g/mol. The summed E-state index contributed by atoms with van der Waals surface area (Å²) < 4.78 is 11.1. The van der Waals surface area contributed by atoms with Crippen LogP contribution in [0.15, 0.2) is 36.5 Å². The normalized spacial score (nSPS) is 17.2. The minimum atomic E-state index is 0.0758. The molecule has 2 aromatic heterocycles. The van der Waals surface area contributed by atoms with Crippen LogP contribution in [-0.4, -0.2) is 61.2 Å². The van der Waals surface area contributed by atoms with E-state index in [1.165, 1.54) is 16.8 Å². The second kappa shape index (κ2) is 10.4. The van der Waals surface area contributed by atoms with E-state index in [2.05, 4.69) is 57.0 Å². The number of aromatic amines is 1. The Kier molecular flexibility index (Phi) is 6.92. The molecule has 0 amide bonds. The number of hydrogen-bond acceptors (Lipinski definition) is 5. The van der Waals surface area contributed by atoms with E-state index in [-0.39, 0.29) is 6.61 Å². The van der Waals surface area contributed by atoms with E-state index in [0.717, 1.165) is 81.1 Å². The first-order valence-electron chi connectivity index (χ1n) is 11.9. The molecule has 2 fully saturated rings. The summed E-state index contributed by atoms with van der Waals surface area (Å²) in [5.41, 5.74) is 6.67. The Morgan fingerprint density at radius 1 is 1.06 bits per heavy atom. The minimum Gasteiger partial charge on any atom is -0.395 e. The Morgan fingerprint density at radius 3 is 2.58 bits per heavy atom. The fourth-order valence-corrected chi connectivity index (χ4v) is 4.77. The molecule has 172 valence electrons. The Labute approximate surface area is 194 Å². The smallest absolute Gasteiger partial charge is 0.138 e. The number of rotatable bonds is 5. The van der Waals surface area contributed by atoms with Crippen molar-refractivity contribution in [1.82, 2.24) is 9.97 Å². The zero-order chi connectivity index (χ0) is 22.5. The number of ether oxygens (including phenoxy) is 2. The van der Waals surface area contributed by atoms with Crippen molar-refractivity contribution in [2.24, 2.45) is 5.92 Å². The maximum atomic E-state index is 9.03. The summed E-state index contributed by atoms with van der Waals surface area (Å²) in [6.07, 6.45) is 5.46. The number of anilines is 1. The Morgan fingerprint density at radius 2 is 1.82 bits per heavy atom. The summed E-state index contributed by atoms with van der Waals surface area (Å²) in [6, 6.07) is 11.0. The van der Waals surface area contributed by atoms with Gasteiger partial charge in [-0.1, -0.05) is 24.0 Å². The summed E-state index contributed by atoms with van der Waals surface area (Å²) in [5, 5.41) is 10.2. The number of nitrogens with one attached hydrogen (secondary N) is 1.